The Morgan fingerprint density at radius 1 is 1.41 bits per heavy atom. The Bertz CT molecular complexity index is 375. The van der Waals surface area contributed by atoms with Gasteiger partial charge in [0.2, 0.25) is 0 Å². The van der Waals surface area contributed by atoms with Crippen LogP contribution >= 0.6 is 11.6 Å². The summed E-state index contributed by atoms with van der Waals surface area (Å²) in [5.41, 5.74) is 6.10. The van der Waals surface area contributed by atoms with Crippen LogP contribution in [0.1, 0.15) is 5.56 Å². The van der Waals surface area contributed by atoms with Crippen LogP contribution in [0.3, 0.4) is 0 Å². The molecule has 1 rings (SSSR count). The third kappa shape index (κ3) is 4.02. The molecule has 0 aliphatic heterocycles. The van der Waals surface area contributed by atoms with Crippen LogP contribution in [0.15, 0.2) is 12.1 Å². The van der Waals surface area contributed by atoms with Gasteiger partial charge in [0.05, 0.1) is 7.11 Å². The molecule has 3 nitrogen and oxygen atoms in total. The first-order valence-electron chi connectivity index (χ1n) is 5.06. The molecule has 0 atom stereocenters. The van der Waals surface area contributed by atoms with E-state index in [1.54, 1.807) is 6.07 Å². The highest BCUT2D eigenvalue weighted by Gasteiger charge is 2.14. The number of methoxy groups -OCH3 is 1. The molecule has 0 aliphatic rings. The van der Waals surface area contributed by atoms with Crippen molar-refractivity contribution in [3.63, 3.8) is 0 Å². The zero-order valence-electron chi connectivity index (χ0n) is 9.38. The third-order valence-electron chi connectivity index (χ3n) is 2.08. The Hall–Kier alpha value is -1.07. The van der Waals surface area contributed by atoms with Gasteiger partial charge in [-0.25, -0.2) is 8.78 Å². The Labute approximate surface area is 103 Å². The van der Waals surface area contributed by atoms with E-state index in [2.05, 4.69) is 0 Å². The van der Waals surface area contributed by atoms with Crippen LogP contribution in [0.2, 0.25) is 5.02 Å². The summed E-state index contributed by atoms with van der Waals surface area (Å²) < 4.78 is 34.4. The van der Waals surface area contributed by atoms with E-state index in [9.17, 15) is 8.78 Å². The minimum Gasteiger partial charge on any atom is -0.493 e. The molecule has 0 bridgehead atoms. The molecular weight excluding hydrogens is 252 g/mol. The van der Waals surface area contributed by atoms with Gasteiger partial charge >= 0.3 is 0 Å². The molecule has 2 N–H and O–H groups in total. The number of ether oxygens (including phenoxy) is 2. The molecule has 0 heterocycles. The molecule has 0 aromatic heterocycles. The van der Waals surface area contributed by atoms with Crippen molar-refractivity contribution >= 4 is 11.6 Å². The molecule has 0 radical (unpaired) electrons. The fourth-order valence-electron chi connectivity index (χ4n) is 1.43. The molecule has 6 heteroatoms. The fraction of sp³-hybridized carbons (Fsp3) is 0.455. The van der Waals surface area contributed by atoms with Crippen molar-refractivity contribution in [3.8, 4) is 11.5 Å². The number of nitrogens with two attached hydrogens (primary N) is 1. The SMILES string of the molecule is COc1cc(Cl)cc(CCN)c1OCC(F)F. The second-order valence-electron chi connectivity index (χ2n) is 3.34. The average molecular weight is 266 g/mol. The molecule has 0 fully saturated rings. The smallest absolute Gasteiger partial charge is 0.272 e. The van der Waals surface area contributed by atoms with Crippen molar-refractivity contribution in [3.05, 3.63) is 22.7 Å². The molecule has 1 aromatic rings. The number of hydrogen-bond donors (Lipinski definition) is 1. The van der Waals surface area contributed by atoms with E-state index in [0.717, 1.165) is 0 Å². The maximum Gasteiger partial charge on any atom is 0.272 e. The molecule has 1 aromatic carbocycles. The van der Waals surface area contributed by atoms with Gasteiger partial charge in [-0.1, -0.05) is 11.6 Å². The Kier molecular flexibility index (Phi) is 5.44. The lowest BCUT2D eigenvalue weighted by molar-refractivity contribution is 0.0799. The summed E-state index contributed by atoms with van der Waals surface area (Å²) in [5.74, 6) is 0.615. The Morgan fingerprint density at radius 2 is 2.12 bits per heavy atom. The molecule has 0 amide bonds. The van der Waals surface area contributed by atoms with Gasteiger partial charge in [-0.2, -0.15) is 0 Å². The number of benzene rings is 1. The van der Waals surface area contributed by atoms with E-state index in [4.69, 9.17) is 26.8 Å². The minimum absolute atomic E-state index is 0.280. The second kappa shape index (κ2) is 6.61. The van der Waals surface area contributed by atoms with Crippen LogP contribution in [-0.4, -0.2) is 26.7 Å². The summed E-state index contributed by atoms with van der Waals surface area (Å²) in [5, 5.41) is 0.453. The Morgan fingerprint density at radius 3 is 2.65 bits per heavy atom. The van der Waals surface area contributed by atoms with E-state index in [1.807, 2.05) is 0 Å². The third-order valence-corrected chi connectivity index (χ3v) is 2.30. The monoisotopic (exact) mass is 265 g/mol. The highest BCUT2D eigenvalue weighted by Crippen LogP contribution is 2.35. The number of alkyl halides is 2. The zero-order chi connectivity index (χ0) is 12.8. The van der Waals surface area contributed by atoms with Gasteiger partial charge in [0.25, 0.3) is 6.43 Å². The molecule has 0 saturated carbocycles. The van der Waals surface area contributed by atoms with Crippen LogP contribution < -0.4 is 15.2 Å². The molecule has 96 valence electrons. The lowest BCUT2D eigenvalue weighted by Crippen LogP contribution is -2.11. The predicted octanol–water partition coefficient (Wildman–Crippen LogP) is 2.49. The van der Waals surface area contributed by atoms with E-state index < -0.39 is 13.0 Å². The quantitative estimate of drug-likeness (QED) is 0.859. The first-order valence-corrected chi connectivity index (χ1v) is 5.43. The van der Waals surface area contributed by atoms with Gasteiger partial charge in [-0.3, -0.25) is 0 Å². The highest BCUT2D eigenvalue weighted by molar-refractivity contribution is 6.30. The maximum atomic E-state index is 12.1. The van der Waals surface area contributed by atoms with Crippen molar-refractivity contribution in [1.82, 2.24) is 0 Å². The first-order chi connectivity index (χ1) is 8.08. The topological polar surface area (TPSA) is 44.5 Å². The first kappa shape index (κ1) is 14.0. The summed E-state index contributed by atoms with van der Waals surface area (Å²) in [6.07, 6.45) is -2.06. The maximum absolute atomic E-state index is 12.1. The number of rotatable bonds is 6. The molecule has 0 unspecified atom stereocenters. The molecule has 17 heavy (non-hydrogen) atoms. The van der Waals surface area contributed by atoms with Crippen LogP contribution in [0, 0.1) is 0 Å². The van der Waals surface area contributed by atoms with Gasteiger partial charge in [0.15, 0.2) is 11.5 Å². The van der Waals surface area contributed by atoms with Crippen LogP contribution in [0.4, 0.5) is 8.78 Å². The highest BCUT2D eigenvalue weighted by atomic mass is 35.5. The second-order valence-corrected chi connectivity index (χ2v) is 3.77. The number of halogens is 3. The van der Waals surface area contributed by atoms with Gasteiger partial charge in [0.1, 0.15) is 6.61 Å². The van der Waals surface area contributed by atoms with E-state index in [-0.39, 0.29) is 5.75 Å². The minimum atomic E-state index is -2.54. The summed E-state index contributed by atoms with van der Waals surface area (Å²) in [6, 6.07) is 3.15. The summed E-state index contributed by atoms with van der Waals surface area (Å²) in [6.45, 7) is -0.315. The van der Waals surface area contributed by atoms with Crippen LogP contribution in [0.25, 0.3) is 0 Å². The summed E-state index contributed by atoms with van der Waals surface area (Å²) in [7, 11) is 1.42. The summed E-state index contributed by atoms with van der Waals surface area (Å²) >= 11 is 5.87. The van der Waals surface area contributed by atoms with E-state index in [1.165, 1.54) is 13.2 Å². The van der Waals surface area contributed by atoms with Crippen molar-refractivity contribution < 1.29 is 18.3 Å². The van der Waals surface area contributed by atoms with Gasteiger partial charge in [-0.15, -0.1) is 0 Å². The molecular formula is C11H14ClF2NO2. The lowest BCUT2D eigenvalue weighted by atomic mass is 10.1. The molecule has 0 saturated heterocycles. The van der Waals surface area contributed by atoms with Crippen molar-refractivity contribution in [2.24, 2.45) is 5.73 Å². The van der Waals surface area contributed by atoms with Crippen molar-refractivity contribution in [1.29, 1.82) is 0 Å². The van der Waals surface area contributed by atoms with Gasteiger partial charge in [-0.05, 0) is 19.0 Å². The van der Waals surface area contributed by atoms with Crippen LogP contribution in [-0.2, 0) is 6.42 Å². The van der Waals surface area contributed by atoms with E-state index in [0.29, 0.717) is 29.3 Å². The van der Waals surface area contributed by atoms with Crippen LogP contribution in [0.5, 0.6) is 11.5 Å². The largest absolute Gasteiger partial charge is 0.493 e. The lowest BCUT2D eigenvalue weighted by Gasteiger charge is -2.15. The van der Waals surface area contributed by atoms with Crippen molar-refractivity contribution in [2.75, 3.05) is 20.3 Å². The Balaban J connectivity index is 3.03. The zero-order valence-corrected chi connectivity index (χ0v) is 10.1. The molecule has 0 spiro atoms. The van der Waals surface area contributed by atoms with Gasteiger partial charge < -0.3 is 15.2 Å². The average Bonchev–Trinajstić information content (AvgIpc) is 2.27. The normalized spacial score (nSPS) is 10.7. The standard InChI is InChI=1S/C11H14ClF2NO2/c1-16-9-5-8(12)4-7(2-3-15)11(9)17-6-10(13)14/h4-5,10H,2-3,6,15H2,1H3. The predicted molar refractivity (Wildman–Crippen MR) is 62.3 cm³/mol. The van der Waals surface area contributed by atoms with Gasteiger partial charge in [0, 0.05) is 16.7 Å². The van der Waals surface area contributed by atoms with Crippen molar-refractivity contribution in [2.45, 2.75) is 12.8 Å². The fourth-order valence-corrected chi connectivity index (χ4v) is 1.66. The van der Waals surface area contributed by atoms with E-state index >= 15 is 0 Å². The molecule has 0 aliphatic carbocycles. The number of hydrogen-bond acceptors (Lipinski definition) is 3. The summed E-state index contributed by atoms with van der Waals surface area (Å²) in [4.78, 5) is 0.